The van der Waals surface area contributed by atoms with E-state index in [9.17, 15) is 4.79 Å². The lowest BCUT2D eigenvalue weighted by atomic mass is 9.74. The van der Waals surface area contributed by atoms with Crippen LogP contribution in [0.2, 0.25) is 5.02 Å². The molecule has 0 saturated heterocycles. The van der Waals surface area contributed by atoms with Gasteiger partial charge in [-0.25, -0.2) is 0 Å². The van der Waals surface area contributed by atoms with Crippen molar-refractivity contribution in [2.75, 3.05) is 14.2 Å². The smallest absolute Gasteiger partial charge is 0.138 e. The van der Waals surface area contributed by atoms with Gasteiger partial charge >= 0.3 is 0 Å². The van der Waals surface area contributed by atoms with Gasteiger partial charge in [0.05, 0.1) is 19.2 Å². The number of rotatable bonds is 6. The number of Topliss-reactive ketones (excluding diaryl/α,β-unsaturated/α-hetero) is 1. The molecule has 0 aromatic heterocycles. The number of halogens is 1. The van der Waals surface area contributed by atoms with E-state index in [0.29, 0.717) is 23.1 Å². The van der Waals surface area contributed by atoms with Crippen molar-refractivity contribution in [3.8, 4) is 11.5 Å². The van der Waals surface area contributed by atoms with E-state index in [1.54, 1.807) is 27.2 Å². The van der Waals surface area contributed by atoms with Crippen molar-refractivity contribution in [1.82, 2.24) is 0 Å². The highest BCUT2D eigenvalue weighted by Crippen LogP contribution is 2.44. The summed E-state index contributed by atoms with van der Waals surface area (Å²) < 4.78 is 10.9. The lowest BCUT2D eigenvalue weighted by Gasteiger charge is -2.31. The molecule has 0 N–H and O–H groups in total. The van der Waals surface area contributed by atoms with E-state index in [2.05, 4.69) is 0 Å². The first kappa shape index (κ1) is 17.1. The highest BCUT2D eigenvalue weighted by Gasteiger charge is 2.29. The Morgan fingerprint density at radius 2 is 1.82 bits per heavy atom. The van der Waals surface area contributed by atoms with Gasteiger partial charge in [-0.05, 0) is 37.7 Å². The van der Waals surface area contributed by atoms with Crippen LogP contribution in [-0.4, -0.2) is 20.0 Å². The number of hydrogen-bond donors (Lipinski definition) is 0. The molecule has 0 spiro atoms. The predicted octanol–water partition coefficient (Wildman–Crippen LogP) is 5.00. The van der Waals surface area contributed by atoms with Crippen LogP contribution in [0.15, 0.2) is 12.1 Å². The summed E-state index contributed by atoms with van der Waals surface area (Å²) in [6.45, 7) is 1.66. The van der Waals surface area contributed by atoms with Gasteiger partial charge in [0.15, 0.2) is 0 Å². The van der Waals surface area contributed by atoms with Crippen molar-refractivity contribution in [2.45, 2.75) is 51.4 Å². The SMILES string of the molecule is COc1cc(C(CC(C)=O)C2CCCCC2)c(OC)cc1Cl. The monoisotopic (exact) mass is 324 g/mol. The Labute approximate surface area is 137 Å². The van der Waals surface area contributed by atoms with Gasteiger partial charge in [-0.15, -0.1) is 0 Å². The molecule has 122 valence electrons. The Morgan fingerprint density at radius 1 is 1.18 bits per heavy atom. The van der Waals surface area contributed by atoms with Crippen molar-refractivity contribution in [1.29, 1.82) is 0 Å². The summed E-state index contributed by atoms with van der Waals surface area (Å²) in [5.41, 5.74) is 1.05. The number of benzene rings is 1. The number of carbonyl (C=O) groups excluding carboxylic acids is 1. The van der Waals surface area contributed by atoms with Gasteiger partial charge in [-0.3, -0.25) is 0 Å². The fourth-order valence-electron chi connectivity index (χ4n) is 3.55. The Balaban J connectivity index is 2.42. The minimum Gasteiger partial charge on any atom is -0.496 e. The molecule has 1 aromatic rings. The second kappa shape index (κ2) is 7.87. The molecule has 1 aromatic carbocycles. The predicted molar refractivity (Wildman–Crippen MR) is 89.2 cm³/mol. The maximum atomic E-state index is 11.8. The van der Waals surface area contributed by atoms with Crippen molar-refractivity contribution >= 4 is 17.4 Å². The normalized spacial score (nSPS) is 17.1. The highest BCUT2D eigenvalue weighted by molar-refractivity contribution is 6.32. The van der Waals surface area contributed by atoms with Crippen LogP contribution in [0.3, 0.4) is 0 Å². The first-order chi connectivity index (χ1) is 10.6. The summed E-state index contributed by atoms with van der Waals surface area (Å²) in [5, 5.41) is 0.535. The molecule has 1 aliphatic rings. The number of methoxy groups -OCH3 is 2. The first-order valence-electron chi connectivity index (χ1n) is 7.97. The number of hydrogen-bond acceptors (Lipinski definition) is 3. The fourth-order valence-corrected chi connectivity index (χ4v) is 3.78. The van der Waals surface area contributed by atoms with Gasteiger partial charge in [-0.2, -0.15) is 0 Å². The van der Waals surface area contributed by atoms with E-state index in [0.717, 1.165) is 11.3 Å². The molecule has 0 aliphatic heterocycles. The maximum absolute atomic E-state index is 11.8. The summed E-state index contributed by atoms with van der Waals surface area (Å²) in [6.07, 6.45) is 6.67. The molecule has 2 rings (SSSR count). The molecular weight excluding hydrogens is 300 g/mol. The van der Waals surface area contributed by atoms with Crippen molar-refractivity contribution in [3.05, 3.63) is 22.7 Å². The third-order valence-electron chi connectivity index (χ3n) is 4.63. The minimum atomic E-state index is 0.180. The maximum Gasteiger partial charge on any atom is 0.138 e. The first-order valence-corrected chi connectivity index (χ1v) is 8.35. The molecule has 1 atom stereocenters. The molecule has 0 radical (unpaired) electrons. The molecule has 1 fully saturated rings. The van der Waals surface area contributed by atoms with Crippen LogP contribution in [0.1, 0.15) is 56.9 Å². The fraction of sp³-hybridized carbons (Fsp3) is 0.611. The van der Waals surface area contributed by atoms with E-state index in [4.69, 9.17) is 21.1 Å². The molecule has 0 bridgehead atoms. The van der Waals surface area contributed by atoms with E-state index in [-0.39, 0.29) is 11.7 Å². The Kier molecular flexibility index (Phi) is 6.13. The van der Waals surface area contributed by atoms with Crippen LogP contribution in [0.5, 0.6) is 11.5 Å². The van der Waals surface area contributed by atoms with Gasteiger partial charge in [0.25, 0.3) is 0 Å². The number of carbonyl (C=O) groups is 1. The van der Waals surface area contributed by atoms with Crippen molar-refractivity contribution < 1.29 is 14.3 Å². The van der Waals surface area contributed by atoms with E-state index in [1.807, 2.05) is 6.07 Å². The zero-order valence-electron chi connectivity index (χ0n) is 13.7. The van der Waals surface area contributed by atoms with Crippen molar-refractivity contribution in [3.63, 3.8) is 0 Å². The summed E-state index contributed by atoms with van der Waals surface area (Å²) in [5.74, 6) is 2.31. The zero-order chi connectivity index (χ0) is 16.1. The number of ether oxygens (including phenoxy) is 2. The van der Waals surface area contributed by atoms with Gasteiger partial charge in [-0.1, -0.05) is 30.9 Å². The molecule has 0 amide bonds. The van der Waals surface area contributed by atoms with E-state index >= 15 is 0 Å². The third-order valence-corrected chi connectivity index (χ3v) is 4.93. The number of ketones is 1. The Bertz CT molecular complexity index is 521. The molecule has 1 saturated carbocycles. The van der Waals surface area contributed by atoms with Crippen LogP contribution < -0.4 is 9.47 Å². The average Bonchev–Trinajstić information content (AvgIpc) is 2.53. The largest absolute Gasteiger partial charge is 0.496 e. The standard InChI is InChI=1S/C18H25ClO3/c1-12(20)9-14(13-7-5-4-6-8-13)15-10-18(22-3)16(19)11-17(15)21-2/h10-11,13-14H,4-9H2,1-3H3. The summed E-state index contributed by atoms with van der Waals surface area (Å²) in [7, 11) is 3.26. The van der Waals surface area contributed by atoms with Crippen LogP contribution in [0.25, 0.3) is 0 Å². The molecule has 3 nitrogen and oxygen atoms in total. The highest BCUT2D eigenvalue weighted by atomic mass is 35.5. The van der Waals surface area contributed by atoms with Crippen LogP contribution in [0, 0.1) is 5.92 Å². The summed E-state index contributed by atoms with van der Waals surface area (Å²) in [6, 6.07) is 3.75. The van der Waals surface area contributed by atoms with Crippen LogP contribution in [0.4, 0.5) is 0 Å². The van der Waals surface area contributed by atoms with Gasteiger partial charge in [0.2, 0.25) is 0 Å². The molecule has 22 heavy (non-hydrogen) atoms. The molecule has 0 heterocycles. The molecule has 1 aliphatic carbocycles. The van der Waals surface area contributed by atoms with E-state index < -0.39 is 0 Å². The molecule has 4 heteroatoms. The Hall–Kier alpha value is -1.22. The van der Waals surface area contributed by atoms with Crippen molar-refractivity contribution in [2.24, 2.45) is 5.92 Å². The van der Waals surface area contributed by atoms with Gasteiger partial charge in [0, 0.05) is 18.1 Å². The third kappa shape index (κ3) is 3.95. The lowest BCUT2D eigenvalue weighted by molar-refractivity contribution is -0.117. The van der Waals surface area contributed by atoms with E-state index in [1.165, 1.54) is 32.1 Å². The van der Waals surface area contributed by atoms with Gasteiger partial charge < -0.3 is 14.3 Å². The molecule has 1 unspecified atom stereocenters. The minimum absolute atomic E-state index is 0.180. The van der Waals surface area contributed by atoms with Gasteiger partial charge in [0.1, 0.15) is 17.3 Å². The second-order valence-corrected chi connectivity index (χ2v) is 6.55. The topological polar surface area (TPSA) is 35.5 Å². The average molecular weight is 325 g/mol. The molecular formula is C18H25ClO3. The van der Waals surface area contributed by atoms with Crippen LogP contribution in [-0.2, 0) is 4.79 Å². The zero-order valence-corrected chi connectivity index (χ0v) is 14.4. The quantitative estimate of drug-likeness (QED) is 0.738. The van der Waals surface area contributed by atoms with Crippen LogP contribution >= 0.6 is 11.6 Å². The summed E-state index contributed by atoms with van der Waals surface area (Å²) >= 11 is 6.20. The lowest BCUT2D eigenvalue weighted by Crippen LogP contribution is -2.19. The summed E-state index contributed by atoms with van der Waals surface area (Å²) in [4.78, 5) is 11.8. The Morgan fingerprint density at radius 3 is 2.36 bits per heavy atom. The second-order valence-electron chi connectivity index (χ2n) is 6.14.